The molecule has 292 valence electrons. The third kappa shape index (κ3) is 9.58. The molecule has 0 radical (unpaired) electrons. The molecule has 9 nitrogen and oxygen atoms in total. The minimum Gasteiger partial charge on any atom is -0.508 e. The van der Waals surface area contributed by atoms with Crippen LogP contribution in [0.15, 0.2) is 184 Å². The first-order valence-electron chi connectivity index (χ1n) is 18.0. The first-order chi connectivity index (χ1) is 27.8. The molecule has 6 aromatic rings. The van der Waals surface area contributed by atoms with Crippen LogP contribution in [0.25, 0.3) is 0 Å². The van der Waals surface area contributed by atoms with Crippen molar-refractivity contribution in [2.24, 2.45) is 0 Å². The molecule has 0 bridgehead atoms. The molecule has 0 aliphatic rings. The van der Waals surface area contributed by atoms with Crippen molar-refractivity contribution in [3.8, 4) is 34.5 Å². The first-order valence-corrected chi connectivity index (χ1v) is 18.0. The van der Waals surface area contributed by atoms with Gasteiger partial charge in [0.05, 0.1) is 0 Å². The van der Waals surface area contributed by atoms with E-state index in [1.807, 2.05) is 79.7 Å². The van der Waals surface area contributed by atoms with E-state index in [1.54, 1.807) is 72.8 Å². The predicted molar refractivity (Wildman–Crippen MR) is 222 cm³/mol. The lowest BCUT2D eigenvalue weighted by atomic mass is 9.71. The van der Waals surface area contributed by atoms with Crippen LogP contribution in [0.3, 0.4) is 0 Å². The summed E-state index contributed by atoms with van der Waals surface area (Å²) >= 11 is 0. The fourth-order valence-electron chi connectivity index (χ4n) is 6.43. The van der Waals surface area contributed by atoms with Crippen LogP contribution in [0.2, 0.25) is 0 Å². The minimum atomic E-state index is -0.664. The van der Waals surface area contributed by atoms with Gasteiger partial charge in [-0.05, 0) is 120 Å². The zero-order valence-corrected chi connectivity index (χ0v) is 32.0. The molecule has 0 aliphatic heterocycles. The second-order valence-corrected chi connectivity index (χ2v) is 13.3. The second-order valence-electron chi connectivity index (χ2n) is 13.3. The number of esters is 3. The molecule has 0 saturated heterocycles. The van der Waals surface area contributed by atoms with Crippen molar-refractivity contribution in [1.29, 1.82) is 0 Å². The average molecular weight is 775 g/mol. The lowest BCUT2D eigenvalue weighted by Crippen LogP contribution is -2.25. The van der Waals surface area contributed by atoms with Crippen molar-refractivity contribution >= 4 is 17.9 Å². The van der Waals surface area contributed by atoms with Gasteiger partial charge in [0, 0.05) is 29.1 Å². The lowest BCUT2D eigenvalue weighted by Gasteiger charge is -2.32. The van der Waals surface area contributed by atoms with Gasteiger partial charge in [0.15, 0.2) is 0 Å². The van der Waals surface area contributed by atoms with Crippen LogP contribution in [0.1, 0.15) is 47.2 Å². The monoisotopic (exact) mass is 774 g/mol. The van der Waals surface area contributed by atoms with E-state index < -0.39 is 28.7 Å². The summed E-state index contributed by atoms with van der Waals surface area (Å²) in [5.74, 6) is 0.171. The maximum atomic E-state index is 11.5. The van der Waals surface area contributed by atoms with Crippen LogP contribution in [0.5, 0.6) is 34.5 Å². The molecule has 0 saturated carbocycles. The van der Waals surface area contributed by atoms with E-state index >= 15 is 0 Å². The number of carbonyl (C=O) groups excluding carboxylic acids is 3. The minimum absolute atomic E-state index is 0.215. The summed E-state index contributed by atoms with van der Waals surface area (Å²) in [7, 11) is 0. The highest BCUT2D eigenvalue weighted by molar-refractivity contribution is 5.84. The molecule has 0 amide bonds. The van der Waals surface area contributed by atoms with Gasteiger partial charge in [-0.25, -0.2) is 14.4 Å². The maximum Gasteiger partial charge on any atom is 0.335 e. The first kappa shape index (κ1) is 41.5. The van der Waals surface area contributed by atoms with E-state index in [4.69, 9.17) is 14.2 Å². The van der Waals surface area contributed by atoms with Gasteiger partial charge in [-0.3, -0.25) is 0 Å². The highest BCUT2D eigenvalue weighted by Gasteiger charge is 2.33. The number of phenolic OH excluding ortho intramolecular Hbond substituents is 3. The van der Waals surface area contributed by atoms with Crippen LogP contribution in [-0.4, -0.2) is 33.2 Å². The molecule has 0 aliphatic carbocycles. The highest BCUT2D eigenvalue weighted by Crippen LogP contribution is 2.42. The van der Waals surface area contributed by atoms with Crippen LogP contribution in [-0.2, 0) is 25.2 Å². The van der Waals surface area contributed by atoms with Gasteiger partial charge >= 0.3 is 17.9 Å². The Morgan fingerprint density at radius 3 is 0.724 bits per heavy atom. The summed E-state index contributed by atoms with van der Waals surface area (Å²) in [5.41, 5.74) is 4.59. The molecule has 58 heavy (non-hydrogen) atoms. The molecule has 9 heteroatoms. The lowest BCUT2D eigenvalue weighted by molar-refractivity contribution is -0.129. The summed E-state index contributed by atoms with van der Waals surface area (Å²) < 4.78 is 15.6. The highest BCUT2D eigenvalue weighted by atomic mass is 16.5. The second kappa shape index (κ2) is 18.3. The third-order valence-electron chi connectivity index (χ3n) is 9.78. The van der Waals surface area contributed by atoms with Gasteiger partial charge in [-0.2, -0.15) is 0 Å². The van der Waals surface area contributed by atoms with Gasteiger partial charge < -0.3 is 29.5 Å². The number of phenols is 3. The van der Waals surface area contributed by atoms with Crippen LogP contribution in [0.4, 0.5) is 0 Å². The van der Waals surface area contributed by atoms with Crippen molar-refractivity contribution in [2.75, 3.05) is 0 Å². The topological polar surface area (TPSA) is 140 Å². The Bertz CT molecular complexity index is 2110. The van der Waals surface area contributed by atoms with E-state index in [9.17, 15) is 29.7 Å². The van der Waals surface area contributed by atoms with Gasteiger partial charge in [-0.15, -0.1) is 0 Å². The molecule has 0 aromatic heterocycles. The Hall–Kier alpha value is -7.65. The number of ether oxygens (including phenoxy) is 3. The summed E-state index contributed by atoms with van der Waals surface area (Å²) in [5, 5.41) is 28.7. The summed E-state index contributed by atoms with van der Waals surface area (Å²) in [6, 6.07) is 42.7. The predicted octanol–water partition coefficient (Wildman–Crippen LogP) is 9.47. The normalized spacial score (nSPS) is 10.9. The fourth-order valence-corrected chi connectivity index (χ4v) is 6.43. The van der Waals surface area contributed by atoms with Crippen molar-refractivity contribution in [2.45, 2.75) is 24.7 Å². The van der Waals surface area contributed by atoms with Crippen molar-refractivity contribution in [3.05, 3.63) is 217 Å². The standard InChI is InChI=1S/C29H24O6.C20H18O3/c1-5-26(30)33-23-14-8-20(9-15-23)29(4,21-10-16-24(17-11-21)34-27(31)6-2)22-12-18-25(19-13-22)35-28(32)7-3;1-20(14-2-8-17(21)9-3-14,15-4-10-18(22)11-5-15)16-6-12-19(23)13-7-16/h5-19H,1-3H2,4H3;2-13,21-23H,1H3. The number of hydrogen-bond acceptors (Lipinski definition) is 9. The Morgan fingerprint density at radius 2 is 0.552 bits per heavy atom. The van der Waals surface area contributed by atoms with Crippen molar-refractivity contribution in [1.82, 2.24) is 0 Å². The maximum absolute atomic E-state index is 11.5. The quantitative estimate of drug-likeness (QED) is 0.0480. The molecular weight excluding hydrogens is 733 g/mol. The van der Waals surface area contributed by atoms with Gasteiger partial charge in [0.2, 0.25) is 0 Å². The molecular formula is C49H42O9. The van der Waals surface area contributed by atoms with Gasteiger partial charge in [0.25, 0.3) is 0 Å². The Balaban J connectivity index is 0.000000240. The van der Waals surface area contributed by atoms with Crippen molar-refractivity contribution in [3.63, 3.8) is 0 Å². The van der Waals surface area contributed by atoms with Crippen LogP contribution < -0.4 is 14.2 Å². The summed E-state index contributed by atoms with van der Waals surface area (Å²) in [4.78, 5) is 34.6. The van der Waals surface area contributed by atoms with E-state index in [0.29, 0.717) is 17.2 Å². The Labute approximate surface area is 337 Å². The molecule has 0 spiro atoms. The summed E-state index contributed by atoms with van der Waals surface area (Å²) in [6.07, 6.45) is 3.29. The molecule has 0 heterocycles. The van der Waals surface area contributed by atoms with Gasteiger partial charge in [-0.1, -0.05) is 92.5 Å². The number of carbonyl (C=O) groups is 3. The smallest absolute Gasteiger partial charge is 0.335 e. The molecule has 6 aromatic carbocycles. The van der Waals surface area contributed by atoms with E-state index in [-0.39, 0.29) is 17.2 Å². The SMILES string of the molecule is C=CC(=O)Oc1ccc(C(C)(c2ccc(OC(=O)C=C)cc2)c2ccc(OC(=O)C=C)cc2)cc1.CC(c1ccc(O)cc1)(c1ccc(O)cc1)c1ccc(O)cc1. The largest absolute Gasteiger partial charge is 0.508 e. The van der Waals surface area contributed by atoms with E-state index in [1.165, 1.54) is 0 Å². The average Bonchev–Trinajstić information content (AvgIpc) is 3.24. The number of aromatic hydroxyl groups is 3. The number of benzene rings is 6. The summed E-state index contributed by atoms with van der Waals surface area (Å²) in [6.45, 7) is 14.3. The van der Waals surface area contributed by atoms with Crippen LogP contribution >= 0.6 is 0 Å². The molecule has 0 fully saturated rings. The Morgan fingerprint density at radius 1 is 0.379 bits per heavy atom. The van der Waals surface area contributed by atoms with Crippen molar-refractivity contribution < 1.29 is 43.9 Å². The molecule has 0 atom stereocenters. The zero-order valence-electron chi connectivity index (χ0n) is 32.0. The number of rotatable bonds is 12. The zero-order chi connectivity index (χ0) is 41.9. The van der Waals surface area contributed by atoms with E-state index in [2.05, 4.69) is 26.7 Å². The molecule has 3 N–H and O–H groups in total. The molecule has 6 rings (SSSR count). The third-order valence-corrected chi connectivity index (χ3v) is 9.78. The number of hydrogen-bond donors (Lipinski definition) is 3. The molecule has 0 unspecified atom stereocenters. The van der Waals surface area contributed by atoms with E-state index in [0.717, 1.165) is 51.6 Å². The van der Waals surface area contributed by atoms with Crippen LogP contribution in [0, 0.1) is 0 Å². The fraction of sp³-hybridized carbons (Fsp3) is 0.0816. The van der Waals surface area contributed by atoms with Gasteiger partial charge in [0.1, 0.15) is 34.5 Å². The Kier molecular flexibility index (Phi) is 13.1.